The van der Waals surface area contributed by atoms with Crippen LogP contribution >= 0.6 is 0 Å². The summed E-state index contributed by atoms with van der Waals surface area (Å²) in [6.45, 7) is 2.19. The smallest absolute Gasteiger partial charge is 0.244 e. The Balaban J connectivity index is 2.10. The van der Waals surface area contributed by atoms with Gasteiger partial charge in [0.1, 0.15) is 11.9 Å². The normalized spacial score (nSPS) is 18.6. The molecule has 0 N–H and O–H groups in total. The number of ether oxygens (including phenoxy) is 1. The first-order valence-corrected chi connectivity index (χ1v) is 8.68. The molecule has 0 bridgehead atoms. The summed E-state index contributed by atoms with van der Waals surface area (Å²) >= 11 is 0. The second-order valence-corrected chi connectivity index (χ2v) is 7.37. The van der Waals surface area contributed by atoms with E-state index in [2.05, 4.69) is 4.90 Å². The van der Waals surface area contributed by atoms with Gasteiger partial charge in [-0.15, -0.1) is 0 Å². The number of hydrogen-bond acceptors (Lipinski definition) is 4. The third-order valence-corrected chi connectivity index (χ3v) is 4.96. The van der Waals surface area contributed by atoms with Crippen LogP contribution in [0, 0.1) is 5.82 Å². The van der Waals surface area contributed by atoms with E-state index in [1.807, 2.05) is 38.0 Å². The molecule has 6 heteroatoms. The Labute approximate surface area is 150 Å². The van der Waals surface area contributed by atoms with Crippen LogP contribution in [-0.2, 0) is 9.53 Å². The van der Waals surface area contributed by atoms with Crippen molar-refractivity contribution in [1.82, 2.24) is 14.7 Å². The number of likely N-dealkylation sites (N-methyl/N-ethyl adjacent to an activating group) is 2. The molecule has 1 amide bonds. The van der Waals surface area contributed by atoms with Gasteiger partial charge in [-0.3, -0.25) is 9.69 Å². The maximum Gasteiger partial charge on any atom is 0.244 e. The van der Waals surface area contributed by atoms with Crippen molar-refractivity contribution in [3.63, 3.8) is 0 Å². The Morgan fingerprint density at radius 1 is 1.20 bits per heavy atom. The van der Waals surface area contributed by atoms with Crippen LogP contribution in [0.1, 0.15) is 24.4 Å². The van der Waals surface area contributed by atoms with Gasteiger partial charge in [-0.2, -0.15) is 0 Å². The van der Waals surface area contributed by atoms with Gasteiger partial charge in [0.15, 0.2) is 0 Å². The van der Waals surface area contributed by atoms with Gasteiger partial charge in [-0.25, -0.2) is 4.39 Å². The monoisotopic (exact) mass is 351 g/mol. The highest BCUT2D eigenvalue weighted by Crippen LogP contribution is 2.29. The molecule has 1 saturated heterocycles. The summed E-state index contributed by atoms with van der Waals surface area (Å²) in [5.74, 6) is -0.230. The number of halogens is 1. The van der Waals surface area contributed by atoms with Crippen molar-refractivity contribution in [3.05, 3.63) is 35.6 Å². The molecule has 1 atom stereocenters. The van der Waals surface area contributed by atoms with Gasteiger partial charge < -0.3 is 14.5 Å². The largest absolute Gasteiger partial charge is 0.377 e. The Morgan fingerprint density at radius 3 is 2.20 bits per heavy atom. The van der Waals surface area contributed by atoms with Crippen LogP contribution in [0.25, 0.3) is 0 Å². The second kappa shape index (κ2) is 8.25. The first-order valence-electron chi connectivity index (χ1n) is 8.68. The maximum atomic E-state index is 13.2. The average Bonchev–Trinajstić information content (AvgIpc) is 2.56. The van der Waals surface area contributed by atoms with E-state index in [4.69, 9.17) is 4.74 Å². The molecule has 5 nitrogen and oxygen atoms in total. The van der Waals surface area contributed by atoms with Crippen molar-refractivity contribution < 1.29 is 13.9 Å². The van der Waals surface area contributed by atoms with Gasteiger partial charge in [0.2, 0.25) is 5.91 Å². The molecule has 25 heavy (non-hydrogen) atoms. The minimum atomic E-state index is -0.399. The number of rotatable bonds is 6. The van der Waals surface area contributed by atoms with Crippen LogP contribution in [0.5, 0.6) is 0 Å². The lowest BCUT2D eigenvalue weighted by atomic mass is 9.90. The summed E-state index contributed by atoms with van der Waals surface area (Å²) in [6.07, 6.45) is 1.63. The van der Waals surface area contributed by atoms with Crippen molar-refractivity contribution >= 4 is 5.91 Å². The molecule has 2 rings (SSSR count). The molecule has 1 fully saturated rings. The van der Waals surface area contributed by atoms with Crippen LogP contribution in [0.4, 0.5) is 4.39 Å². The summed E-state index contributed by atoms with van der Waals surface area (Å²) in [5, 5.41) is 0. The van der Waals surface area contributed by atoms with E-state index >= 15 is 0 Å². The molecule has 1 unspecified atom stereocenters. The van der Waals surface area contributed by atoms with Crippen LogP contribution in [0.2, 0.25) is 0 Å². The Morgan fingerprint density at radius 2 is 1.76 bits per heavy atom. The summed E-state index contributed by atoms with van der Waals surface area (Å²) < 4.78 is 19.0. The fourth-order valence-corrected chi connectivity index (χ4v) is 3.62. The Kier molecular flexibility index (Phi) is 6.54. The molecule has 1 aliphatic rings. The lowest BCUT2D eigenvalue weighted by molar-refractivity contribution is -0.142. The number of nitrogens with zero attached hydrogens (tertiary/aromatic N) is 3. The van der Waals surface area contributed by atoms with Crippen molar-refractivity contribution in [2.45, 2.75) is 24.5 Å². The van der Waals surface area contributed by atoms with Crippen LogP contribution < -0.4 is 0 Å². The minimum Gasteiger partial charge on any atom is -0.377 e. The summed E-state index contributed by atoms with van der Waals surface area (Å²) in [5.41, 5.74) is 0.623. The van der Waals surface area contributed by atoms with Crippen LogP contribution in [0.15, 0.2) is 24.3 Å². The number of piperidine rings is 1. The molecular formula is C19H30FN3O2. The average molecular weight is 351 g/mol. The molecule has 1 aromatic rings. The standard InChI is InChI=1S/C19H30FN3O2/c1-21(2)14-19(25-5)10-12-23(13-11-19)18(24)17(22(3)4)15-6-8-16(20)9-7-15/h6-9,17H,10-14H2,1-5H3. The lowest BCUT2D eigenvalue weighted by Gasteiger charge is -2.43. The number of benzene rings is 1. The first-order chi connectivity index (χ1) is 11.8. The quantitative estimate of drug-likeness (QED) is 0.785. The van der Waals surface area contributed by atoms with E-state index in [9.17, 15) is 9.18 Å². The fourth-order valence-electron chi connectivity index (χ4n) is 3.62. The van der Waals surface area contributed by atoms with Crippen molar-refractivity contribution in [3.8, 4) is 0 Å². The zero-order valence-corrected chi connectivity index (χ0v) is 16.0. The van der Waals surface area contributed by atoms with E-state index < -0.39 is 6.04 Å². The number of amides is 1. The molecule has 0 aliphatic carbocycles. The van der Waals surface area contributed by atoms with E-state index in [-0.39, 0.29) is 17.3 Å². The van der Waals surface area contributed by atoms with Crippen molar-refractivity contribution in [1.29, 1.82) is 0 Å². The second-order valence-electron chi connectivity index (χ2n) is 7.37. The van der Waals surface area contributed by atoms with E-state index in [0.717, 1.165) is 24.9 Å². The zero-order valence-electron chi connectivity index (χ0n) is 16.0. The van der Waals surface area contributed by atoms with E-state index in [1.165, 1.54) is 12.1 Å². The predicted molar refractivity (Wildman–Crippen MR) is 96.9 cm³/mol. The van der Waals surface area contributed by atoms with Gasteiger partial charge in [-0.1, -0.05) is 12.1 Å². The van der Waals surface area contributed by atoms with Crippen LogP contribution in [0.3, 0.4) is 0 Å². The molecule has 1 heterocycles. The lowest BCUT2D eigenvalue weighted by Crippen LogP contribution is -2.53. The van der Waals surface area contributed by atoms with Crippen molar-refractivity contribution in [2.75, 3.05) is 54.9 Å². The molecule has 0 radical (unpaired) electrons. The number of carbonyl (C=O) groups excluding carboxylic acids is 1. The molecule has 140 valence electrons. The molecule has 0 saturated carbocycles. The predicted octanol–water partition coefficient (Wildman–Crippen LogP) is 2.00. The van der Waals surface area contributed by atoms with Crippen LogP contribution in [-0.4, -0.2) is 81.1 Å². The van der Waals surface area contributed by atoms with Gasteiger partial charge in [0.05, 0.1) is 5.60 Å². The number of methoxy groups -OCH3 is 1. The highest BCUT2D eigenvalue weighted by Gasteiger charge is 2.38. The van der Waals surface area contributed by atoms with Crippen molar-refractivity contribution in [2.24, 2.45) is 0 Å². The summed E-state index contributed by atoms with van der Waals surface area (Å²) in [4.78, 5) is 19.0. The molecular weight excluding hydrogens is 321 g/mol. The highest BCUT2D eigenvalue weighted by molar-refractivity contribution is 5.83. The molecule has 1 aromatic carbocycles. The molecule has 0 aromatic heterocycles. The van der Waals surface area contributed by atoms with E-state index in [1.54, 1.807) is 19.2 Å². The zero-order chi connectivity index (χ0) is 18.6. The summed E-state index contributed by atoms with van der Waals surface area (Å²) in [6, 6.07) is 5.79. The Bertz CT molecular complexity index is 567. The minimum absolute atomic E-state index is 0.0613. The number of carbonyl (C=O) groups is 1. The third kappa shape index (κ3) is 4.77. The topological polar surface area (TPSA) is 36.0 Å². The molecule has 1 aliphatic heterocycles. The van der Waals surface area contributed by atoms with Gasteiger partial charge in [0.25, 0.3) is 0 Å². The first kappa shape index (κ1) is 19.8. The van der Waals surface area contributed by atoms with Gasteiger partial charge >= 0.3 is 0 Å². The SMILES string of the molecule is COC1(CN(C)C)CCN(C(=O)C(c2ccc(F)cc2)N(C)C)CC1. The maximum absolute atomic E-state index is 13.2. The van der Waals surface area contributed by atoms with E-state index in [0.29, 0.717) is 13.1 Å². The number of likely N-dealkylation sites (tertiary alicyclic amines) is 1. The van der Waals surface area contributed by atoms with Gasteiger partial charge in [-0.05, 0) is 58.7 Å². The summed E-state index contributed by atoms with van der Waals surface area (Å²) in [7, 11) is 9.58. The Hall–Kier alpha value is -1.50. The fraction of sp³-hybridized carbons (Fsp3) is 0.632. The highest BCUT2D eigenvalue weighted by atomic mass is 19.1. The third-order valence-electron chi connectivity index (χ3n) is 4.96. The number of hydrogen-bond donors (Lipinski definition) is 0. The van der Waals surface area contributed by atoms with Gasteiger partial charge in [0, 0.05) is 26.7 Å². The molecule has 0 spiro atoms.